The first-order chi connectivity index (χ1) is 18.0. The number of hydrogen-bond acceptors (Lipinski definition) is 2. The molecule has 37 heavy (non-hydrogen) atoms. The van der Waals surface area contributed by atoms with Crippen LogP contribution in [0, 0.1) is 24.9 Å². The number of ether oxygens (including phenoxy) is 1. The second-order valence-corrected chi connectivity index (χ2v) is 9.83. The average Bonchev–Trinajstić information content (AvgIpc) is 3.42. The molecule has 2 heterocycles. The first-order valence-corrected chi connectivity index (χ1v) is 12.5. The van der Waals surface area contributed by atoms with Gasteiger partial charge in [0.25, 0.3) is 0 Å². The Morgan fingerprint density at radius 3 is 2.51 bits per heavy atom. The Kier molecular flexibility index (Phi) is 5.61. The minimum atomic E-state index is -0.0846. The number of hydrogen-bond donors (Lipinski definition) is 0. The van der Waals surface area contributed by atoms with E-state index in [0.717, 1.165) is 28.9 Å². The third kappa shape index (κ3) is 4.29. The average molecular weight is 487 g/mol. The number of likely N-dealkylation sites (N-methyl/N-ethyl adjacent to an activating group) is 1. The fraction of sp³-hybridized carbons (Fsp3) is 0.125. The summed E-state index contributed by atoms with van der Waals surface area (Å²) < 4.78 is 12.8. The summed E-state index contributed by atoms with van der Waals surface area (Å²) in [6, 6.07) is 18.7. The normalized spacial score (nSPS) is 17.5. The van der Waals surface area contributed by atoms with Crippen molar-refractivity contribution in [1.82, 2.24) is 9.47 Å². The Hall–Kier alpha value is -4.64. The Bertz CT molecular complexity index is 1460. The Balaban J connectivity index is 1.25. The summed E-state index contributed by atoms with van der Waals surface area (Å²) >= 11 is 0. The third-order valence-electron chi connectivity index (χ3n) is 7.13. The lowest BCUT2D eigenvalue weighted by molar-refractivity contribution is -0.643. The molecule has 0 N–H and O–H groups in total. The van der Waals surface area contributed by atoms with Gasteiger partial charge in [-0.05, 0) is 50.2 Å². The molecule has 0 spiro atoms. The van der Waals surface area contributed by atoms with E-state index in [0.29, 0.717) is 0 Å². The zero-order valence-electron chi connectivity index (χ0n) is 21.3. The van der Waals surface area contributed by atoms with Gasteiger partial charge >= 0.3 is 0 Å². The van der Waals surface area contributed by atoms with Crippen molar-refractivity contribution < 1.29 is 13.9 Å². The maximum atomic E-state index is 6.34. The van der Waals surface area contributed by atoms with Gasteiger partial charge < -0.3 is 18.8 Å². The van der Waals surface area contributed by atoms with Crippen LogP contribution in [0.5, 0.6) is 11.5 Å². The molecule has 2 aliphatic carbocycles. The first kappa shape index (κ1) is 22.8. The van der Waals surface area contributed by atoms with Crippen molar-refractivity contribution in [2.45, 2.75) is 19.4 Å². The highest BCUT2D eigenvalue weighted by molar-refractivity contribution is 5.62. The molecule has 1 aromatic heterocycles. The molecular weight excluding hydrogens is 456 g/mol. The van der Waals surface area contributed by atoms with E-state index in [4.69, 9.17) is 4.74 Å². The predicted octanol–water partition coefficient (Wildman–Crippen LogP) is 5.90. The van der Waals surface area contributed by atoms with Gasteiger partial charge in [0.05, 0.1) is 30.7 Å². The van der Waals surface area contributed by atoms with Crippen LogP contribution in [0.1, 0.15) is 13.8 Å². The number of aromatic nitrogens is 2. The van der Waals surface area contributed by atoms with Crippen molar-refractivity contribution in [3.63, 3.8) is 0 Å². The zero-order valence-corrected chi connectivity index (χ0v) is 21.3. The highest BCUT2D eigenvalue weighted by Gasteiger charge is 2.34. The molecule has 0 bridgehead atoms. The summed E-state index contributed by atoms with van der Waals surface area (Å²) in [7, 11) is 2.12. The molecule has 5 heteroatoms. The van der Waals surface area contributed by atoms with Gasteiger partial charge in [0.1, 0.15) is 17.2 Å². The molecule has 5 nitrogen and oxygen atoms in total. The molecule has 0 atom stereocenters. The Morgan fingerprint density at radius 2 is 1.68 bits per heavy atom. The molecule has 0 amide bonds. The van der Waals surface area contributed by atoms with Gasteiger partial charge in [-0.1, -0.05) is 18.2 Å². The van der Waals surface area contributed by atoms with Gasteiger partial charge in [-0.25, -0.2) is 41.7 Å². The summed E-state index contributed by atoms with van der Waals surface area (Å²) in [5, 5.41) is 0. The van der Waals surface area contributed by atoms with Gasteiger partial charge in [0, 0.05) is 6.07 Å². The highest BCUT2D eigenvalue weighted by Crippen LogP contribution is 2.40. The van der Waals surface area contributed by atoms with E-state index in [1.807, 2.05) is 49.0 Å². The summed E-state index contributed by atoms with van der Waals surface area (Å²) in [6.45, 7) is 4.50. The largest absolute Gasteiger partial charge is 0.458 e. The zero-order chi connectivity index (χ0) is 25.4. The van der Waals surface area contributed by atoms with Gasteiger partial charge in [0.15, 0.2) is 12.7 Å². The molecule has 0 fully saturated rings. The number of benzene rings is 2. The minimum absolute atomic E-state index is 0.0846. The van der Waals surface area contributed by atoms with Gasteiger partial charge in [-0.15, -0.1) is 5.57 Å². The molecule has 6 rings (SSSR count). The first-order valence-electron chi connectivity index (χ1n) is 12.5. The summed E-state index contributed by atoms with van der Waals surface area (Å²) in [5.74, 6) is 1.58. The number of rotatable bonds is 5. The topological polar surface area (TPSA) is 24.3 Å². The second-order valence-electron chi connectivity index (χ2n) is 9.83. The van der Waals surface area contributed by atoms with Crippen molar-refractivity contribution in [2.75, 3.05) is 7.05 Å². The summed E-state index contributed by atoms with van der Waals surface area (Å²) in [5.41, 5.74) is 3.29. The van der Waals surface area contributed by atoms with Crippen LogP contribution in [0.3, 0.4) is 0 Å². The molecule has 0 unspecified atom stereocenters. The van der Waals surface area contributed by atoms with E-state index in [-0.39, 0.29) is 5.54 Å². The van der Waals surface area contributed by atoms with Gasteiger partial charge in [-0.3, -0.25) is 0 Å². The lowest BCUT2D eigenvalue weighted by Crippen LogP contribution is -2.50. The quantitative estimate of drug-likeness (QED) is 0.331. The van der Waals surface area contributed by atoms with Crippen LogP contribution in [0.2, 0.25) is 0 Å². The van der Waals surface area contributed by atoms with Crippen LogP contribution in [0.4, 0.5) is 5.69 Å². The lowest BCUT2D eigenvalue weighted by atomic mass is 9.82. The number of fused-ring (bicyclic) bond motifs is 1. The van der Waals surface area contributed by atoms with Crippen molar-refractivity contribution >= 4 is 12.0 Å². The Labute approximate surface area is 219 Å². The van der Waals surface area contributed by atoms with E-state index in [1.165, 1.54) is 11.6 Å². The monoisotopic (exact) mass is 486 g/mol. The van der Waals surface area contributed by atoms with Crippen LogP contribution in [-0.4, -0.2) is 33.0 Å². The highest BCUT2D eigenvalue weighted by atomic mass is 16.5. The second kappa shape index (κ2) is 9.10. The van der Waals surface area contributed by atoms with Crippen LogP contribution in [0.25, 0.3) is 5.69 Å². The van der Waals surface area contributed by atoms with E-state index < -0.39 is 0 Å². The van der Waals surface area contributed by atoms with Crippen LogP contribution in [0.15, 0.2) is 115 Å². The molecule has 0 saturated heterocycles. The smallest absolute Gasteiger partial charge is 0.189 e. The van der Waals surface area contributed by atoms with Crippen molar-refractivity contribution in [3.05, 3.63) is 140 Å². The molecule has 186 valence electrons. The summed E-state index contributed by atoms with van der Waals surface area (Å²) in [4.78, 5) is 2.26. The summed E-state index contributed by atoms with van der Waals surface area (Å²) in [6.07, 6.45) is 27.2. The third-order valence-corrected chi connectivity index (χ3v) is 7.13. The number of allylic oxidation sites excluding steroid dienone is 6. The van der Waals surface area contributed by atoms with Gasteiger partial charge in [0.2, 0.25) is 0 Å². The molecule has 0 radical (unpaired) electrons. The van der Waals surface area contributed by atoms with Crippen LogP contribution >= 0.6 is 0 Å². The molecular formula is C32H30N4O-2. The van der Waals surface area contributed by atoms with Crippen LogP contribution < -0.4 is 9.30 Å². The maximum Gasteiger partial charge on any atom is 0.189 e. The fourth-order valence-corrected chi connectivity index (χ4v) is 4.78. The molecule has 3 aromatic rings. The molecule has 1 aliphatic heterocycles. The van der Waals surface area contributed by atoms with Crippen molar-refractivity contribution in [2.24, 2.45) is 0 Å². The van der Waals surface area contributed by atoms with Crippen LogP contribution in [-0.2, 0) is 0 Å². The SMILES string of the molecule is CN1C=[N+](c2cccc(Oc3cccc(-n4cc[n+]([C-]5C=C[CH-]C=C5)c4)c3)c2)[C-]2C=C[CH-]C=C2C1(C)C. The molecule has 3 aliphatic rings. The minimum Gasteiger partial charge on any atom is -0.458 e. The predicted molar refractivity (Wildman–Crippen MR) is 146 cm³/mol. The van der Waals surface area contributed by atoms with E-state index in [2.05, 4.69) is 119 Å². The maximum absolute atomic E-state index is 6.34. The standard InChI is InChI=1S/C32H30N4O/c1-32(2)30-17-7-8-18-31(30)36(23-33(32)3)27-14-10-16-29(22-27)37-28-15-9-13-26(21-28)35-20-19-34(24-35)25-11-5-4-6-12-25/h4-24H,1-3H3/q-2. The van der Waals surface area contributed by atoms with Gasteiger partial charge in [-0.2, -0.15) is 18.2 Å². The van der Waals surface area contributed by atoms with E-state index >= 15 is 0 Å². The number of nitrogens with zero attached hydrogens (tertiary/aromatic N) is 4. The lowest BCUT2D eigenvalue weighted by Gasteiger charge is -2.49. The van der Waals surface area contributed by atoms with E-state index in [1.54, 1.807) is 0 Å². The number of imidazole rings is 1. The Morgan fingerprint density at radius 1 is 0.919 bits per heavy atom. The van der Waals surface area contributed by atoms with Crippen molar-refractivity contribution in [3.8, 4) is 17.2 Å². The van der Waals surface area contributed by atoms with Crippen molar-refractivity contribution in [1.29, 1.82) is 0 Å². The molecule has 0 saturated carbocycles. The fourth-order valence-electron chi connectivity index (χ4n) is 4.78. The van der Waals surface area contributed by atoms with E-state index in [9.17, 15) is 0 Å². The molecule has 2 aromatic carbocycles.